The number of thiazole rings is 1. The van der Waals surface area contributed by atoms with Gasteiger partial charge >= 0.3 is 11.9 Å². The number of carbonyl (C=O) groups is 2. The zero-order valence-corrected chi connectivity index (χ0v) is 20.2. The van der Waals surface area contributed by atoms with Crippen LogP contribution in [0.25, 0.3) is 11.3 Å². The van der Waals surface area contributed by atoms with Crippen molar-refractivity contribution in [1.82, 2.24) is 15.3 Å². The summed E-state index contributed by atoms with van der Waals surface area (Å²) in [7, 11) is 2.68. The summed E-state index contributed by atoms with van der Waals surface area (Å²) in [6, 6.07) is 13.2. The summed E-state index contributed by atoms with van der Waals surface area (Å²) in [4.78, 5) is 34.9. The number of rotatable bonds is 6. The Kier molecular flexibility index (Phi) is 6.65. The smallest absolute Gasteiger partial charge is 0.336 e. The molecule has 1 aliphatic rings. The van der Waals surface area contributed by atoms with Crippen LogP contribution in [-0.4, -0.2) is 41.8 Å². The van der Waals surface area contributed by atoms with E-state index in [0.29, 0.717) is 16.4 Å². The summed E-state index contributed by atoms with van der Waals surface area (Å²) in [5.74, 6) is -2.36. The van der Waals surface area contributed by atoms with Crippen LogP contribution in [0.2, 0.25) is 0 Å². The molecule has 2 N–H and O–H groups in total. The SMILES string of the molecule is COC(=O)C1=C(C)NC(C)(Nc2nc(-c3cccnc3)cs2)C(C(=O)OC)C1c1ccccc1. The van der Waals surface area contributed by atoms with Crippen molar-refractivity contribution in [3.8, 4) is 11.3 Å². The predicted octanol–water partition coefficient (Wildman–Crippen LogP) is 3.96. The van der Waals surface area contributed by atoms with Gasteiger partial charge in [-0.1, -0.05) is 30.3 Å². The maximum Gasteiger partial charge on any atom is 0.336 e. The largest absolute Gasteiger partial charge is 0.469 e. The van der Waals surface area contributed by atoms with Gasteiger partial charge in [0.15, 0.2) is 5.13 Å². The third-order valence-electron chi connectivity index (χ3n) is 5.96. The van der Waals surface area contributed by atoms with E-state index in [0.717, 1.165) is 16.8 Å². The number of hydrogen-bond acceptors (Lipinski definition) is 9. The fraction of sp³-hybridized carbons (Fsp3) is 0.280. The topological polar surface area (TPSA) is 102 Å². The summed E-state index contributed by atoms with van der Waals surface area (Å²) in [5, 5.41) is 9.29. The molecular formula is C25H26N4O4S. The van der Waals surface area contributed by atoms with Crippen molar-refractivity contribution >= 4 is 28.4 Å². The summed E-state index contributed by atoms with van der Waals surface area (Å²) in [6.45, 7) is 3.67. The van der Waals surface area contributed by atoms with Crippen LogP contribution in [0.5, 0.6) is 0 Å². The molecule has 8 nitrogen and oxygen atoms in total. The first-order valence-electron chi connectivity index (χ1n) is 10.7. The Labute approximate surface area is 202 Å². The molecule has 2 aromatic heterocycles. The Morgan fingerprint density at radius 1 is 1.12 bits per heavy atom. The van der Waals surface area contributed by atoms with Crippen LogP contribution in [-0.2, 0) is 19.1 Å². The second-order valence-corrected chi connectivity index (χ2v) is 9.01. The van der Waals surface area contributed by atoms with E-state index in [1.54, 1.807) is 19.3 Å². The molecule has 176 valence electrons. The molecule has 0 aliphatic carbocycles. The molecule has 0 saturated carbocycles. The summed E-state index contributed by atoms with van der Waals surface area (Å²) >= 11 is 1.42. The Morgan fingerprint density at radius 2 is 1.88 bits per heavy atom. The highest BCUT2D eigenvalue weighted by Gasteiger charge is 2.52. The number of anilines is 1. The first-order valence-corrected chi connectivity index (χ1v) is 11.6. The molecule has 3 aromatic rings. The molecule has 0 fully saturated rings. The van der Waals surface area contributed by atoms with Crippen molar-refractivity contribution in [2.75, 3.05) is 19.5 Å². The minimum atomic E-state index is -1.01. The third-order valence-corrected chi connectivity index (χ3v) is 6.72. The first kappa shape index (κ1) is 23.4. The van der Waals surface area contributed by atoms with Crippen molar-refractivity contribution in [3.63, 3.8) is 0 Å². The van der Waals surface area contributed by atoms with Gasteiger partial charge in [0, 0.05) is 35.0 Å². The third kappa shape index (κ3) is 4.38. The molecule has 3 heterocycles. The second-order valence-electron chi connectivity index (χ2n) is 8.15. The molecule has 0 radical (unpaired) electrons. The average molecular weight is 479 g/mol. The van der Waals surface area contributed by atoms with Gasteiger partial charge in [-0.05, 0) is 31.5 Å². The number of nitrogens with zero attached hydrogens (tertiary/aromatic N) is 2. The zero-order chi connectivity index (χ0) is 24.3. The van der Waals surface area contributed by atoms with Crippen LogP contribution in [0, 0.1) is 5.92 Å². The molecule has 34 heavy (non-hydrogen) atoms. The lowest BCUT2D eigenvalue weighted by Crippen LogP contribution is -2.62. The quantitative estimate of drug-likeness (QED) is 0.514. The van der Waals surface area contributed by atoms with Gasteiger partial charge < -0.3 is 20.1 Å². The highest BCUT2D eigenvalue weighted by atomic mass is 32.1. The minimum absolute atomic E-state index is 0.388. The molecule has 3 unspecified atom stereocenters. The zero-order valence-electron chi connectivity index (χ0n) is 19.4. The molecule has 9 heteroatoms. The standard InChI is InChI=1S/C25H26N4O4S/c1-15-19(22(30)32-3)20(16-9-6-5-7-10-16)21(23(31)33-4)25(2,28-15)29-24-27-18(14-34-24)17-11-8-12-26-13-17/h5-14,20-21,28H,1-4H3,(H,27,29). The number of carbonyl (C=O) groups excluding carboxylic acids is 2. The number of methoxy groups -OCH3 is 2. The van der Waals surface area contributed by atoms with Crippen LogP contribution in [0.4, 0.5) is 5.13 Å². The highest BCUT2D eigenvalue weighted by molar-refractivity contribution is 7.14. The van der Waals surface area contributed by atoms with E-state index in [-0.39, 0.29) is 0 Å². The number of aromatic nitrogens is 2. The van der Waals surface area contributed by atoms with Crippen LogP contribution in [0.3, 0.4) is 0 Å². The summed E-state index contributed by atoms with van der Waals surface area (Å²) in [5.41, 5.74) is 2.46. The van der Waals surface area contributed by atoms with E-state index >= 15 is 0 Å². The van der Waals surface area contributed by atoms with E-state index in [9.17, 15) is 9.59 Å². The van der Waals surface area contributed by atoms with E-state index in [1.807, 2.05) is 54.8 Å². The Bertz CT molecular complexity index is 1210. The fourth-order valence-electron chi connectivity index (χ4n) is 4.49. The molecule has 1 aromatic carbocycles. The van der Waals surface area contributed by atoms with Crippen molar-refractivity contribution in [2.24, 2.45) is 5.92 Å². The molecule has 3 atom stereocenters. The van der Waals surface area contributed by atoms with Crippen molar-refractivity contribution in [3.05, 3.63) is 77.1 Å². The summed E-state index contributed by atoms with van der Waals surface area (Å²) in [6.07, 6.45) is 3.46. The van der Waals surface area contributed by atoms with Crippen molar-refractivity contribution < 1.29 is 19.1 Å². The van der Waals surface area contributed by atoms with Crippen LogP contribution >= 0.6 is 11.3 Å². The van der Waals surface area contributed by atoms with Crippen LogP contribution < -0.4 is 10.6 Å². The van der Waals surface area contributed by atoms with E-state index in [2.05, 4.69) is 15.6 Å². The molecule has 0 saturated heterocycles. The summed E-state index contributed by atoms with van der Waals surface area (Å²) < 4.78 is 10.3. The number of allylic oxidation sites excluding steroid dienone is 1. The lowest BCUT2D eigenvalue weighted by atomic mass is 9.71. The number of esters is 2. The van der Waals surface area contributed by atoms with Gasteiger partial charge in [-0.25, -0.2) is 9.78 Å². The monoisotopic (exact) mass is 478 g/mol. The Hall–Kier alpha value is -3.72. The van der Waals surface area contributed by atoms with Crippen LogP contribution in [0.15, 0.2) is 71.5 Å². The number of hydrogen-bond donors (Lipinski definition) is 2. The molecule has 0 bridgehead atoms. The van der Waals surface area contributed by atoms with Crippen molar-refractivity contribution in [2.45, 2.75) is 25.4 Å². The maximum absolute atomic E-state index is 13.2. The number of benzene rings is 1. The number of nitrogens with one attached hydrogen (secondary N) is 2. The van der Waals surface area contributed by atoms with Gasteiger partial charge in [-0.3, -0.25) is 9.78 Å². The average Bonchev–Trinajstić information content (AvgIpc) is 3.31. The molecule has 0 amide bonds. The molecule has 0 spiro atoms. The van der Waals surface area contributed by atoms with Crippen LogP contribution in [0.1, 0.15) is 25.3 Å². The van der Waals surface area contributed by atoms with E-state index in [1.165, 1.54) is 25.6 Å². The normalized spacial score (nSPS) is 22.0. The Balaban J connectivity index is 1.80. The van der Waals surface area contributed by atoms with Gasteiger partial charge in [0.05, 0.1) is 25.5 Å². The molecule has 1 aliphatic heterocycles. The minimum Gasteiger partial charge on any atom is -0.469 e. The predicted molar refractivity (Wildman–Crippen MR) is 130 cm³/mol. The van der Waals surface area contributed by atoms with Gasteiger partial charge in [0.2, 0.25) is 0 Å². The van der Waals surface area contributed by atoms with Gasteiger partial charge in [0.1, 0.15) is 11.6 Å². The second kappa shape index (κ2) is 9.64. The van der Waals surface area contributed by atoms with Gasteiger partial charge in [0.25, 0.3) is 0 Å². The Morgan fingerprint density at radius 3 is 2.53 bits per heavy atom. The van der Waals surface area contributed by atoms with Gasteiger partial charge in [-0.15, -0.1) is 11.3 Å². The van der Waals surface area contributed by atoms with E-state index < -0.39 is 29.4 Å². The lowest BCUT2D eigenvalue weighted by molar-refractivity contribution is -0.149. The number of ether oxygens (including phenoxy) is 2. The fourth-order valence-corrected chi connectivity index (χ4v) is 5.32. The van der Waals surface area contributed by atoms with E-state index in [4.69, 9.17) is 14.5 Å². The number of pyridine rings is 1. The highest BCUT2D eigenvalue weighted by Crippen LogP contribution is 2.45. The lowest BCUT2D eigenvalue weighted by Gasteiger charge is -2.46. The van der Waals surface area contributed by atoms with Gasteiger partial charge in [-0.2, -0.15) is 0 Å². The first-order chi connectivity index (χ1) is 16.4. The molecular weight excluding hydrogens is 452 g/mol. The maximum atomic E-state index is 13.2. The molecule has 4 rings (SSSR count). The van der Waals surface area contributed by atoms with Crippen molar-refractivity contribution in [1.29, 1.82) is 0 Å².